The van der Waals surface area contributed by atoms with Crippen LogP contribution in [0.4, 0.5) is 0 Å². The fourth-order valence-electron chi connectivity index (χ4n) is 12.2. The molecule has 2 bridgehead atoms. The molecule has 0 aromatic carbocycles. The molecular formula is C35H44O16. The molecule has 16 nitrogen and oxygen atoms in total. The number of hydrogen-bond donors (Lipinski definition) is 3. The summed E-state index contributed by atoms with van der Waals surface area (Å²) in [6.07, 6.45) is -3.11. The maximum absolute atomic E-state index is 14.2. The van der Waals surface area contributed by atoms with Crippen molar-refractivity contribution in [2.45, 2.75) is 107 Å². The summed E-state index contributed by atoms with van der Waals surface area (Å²) in [5.41, 5.74) is -9.47. The molecule has 0 aromatic heterocycles. The topological polar surface area (TPSA) is 215 Å². The van der Waals surface area contributed by atoms with Gasteiger partial charge in [0.15, 0.2) is 5.60 Å². The standard InChI is InChI=1S/C35H44O16/c1-8-15(2)24(38)49-18-12-19(48-16(3)36)32(26(39)43-6)13-46-21-22(32)31(18)14-47-34(42,27(40)44-7)25(31)29(4,23(21)37)35-20-11-17(30(35,5)51-35)33(41)9-10-45-28(33)50-20/h8-10,17-23,25,28,37,41-42H,11-14H2,1-7H3/b15-8+/t17-,18+,19-,20?,21-,22-,23-,25+,28+,29-,30+,31+,32+,33+,34+,35+/m1/s1. The van der Waals surface area contributed by atoms with Gasteiger partial charge in [-0.1, -0.05) is 13.0 Å². The molecule has 3 saturated carbocycles. The third kappa shape index (κ3) is 3.65. The third-order valence-electron chi connectivity index (χ3n) is 14.1. The van der Waals surface area contributed by atoms with Crippen LogP contribution in [-0.4, -0.2) is 126 Å². The first-order chi connectivity index (χ1) is 23.9. The summed E-state index contributed by atoms with van der Waals surface area (Å²) in [5, 5.41) is 37.4. The first kappa shape index (κ1) is 34.9. The zero-order chi connectivity index (χ0) is 36.9. The molecule has 16 heteroatoms. The summed E-state index contributed by atoms with van der Waals surface area (Å²) in [4.78, 5) is 54.4. The highest BCUT2D eigenvalue weighted by Crippen LogP contribution is 2.83. The highest BCUT2D eigenvalue weighted by molar-refractivity contribution is 5.88. The summed E-state index contributed by atoms with van der Waals surface area (Å²) in [6.45, 7) is 6.88. The summed E-state index contributed by atoms with van der Waals surface area (Å²) < 4.78 is 54.0. The number of carbonyl (C=O) groups excluding carboxylic acids is 4. The lowest BCUT2D eigenvalue weighted by Gasteiger charge is -2.65. The molecule has 1 unspecified atom stereocenters. The highest BCUT2D eigenvalue weighted by atomic mass is 16.7. The molecule has 3 aliphatic carbocycles. The molecule has 0 aromatic rings. The number of esters is 4. The maximum Gasteiger partial charge on any atom is 0.366 e. The van der Waals surface area contributed by atoms with Crippen LogP contribution in [0.2, 0.25) is 0 Å². The van der Waals surface area contributed by atoms with Gasteiger partial charge in [-0.25, -0.2) is 9.59 Å². The van der Waals surface area contributed by atoms with Crippen LogP contribution >= 0.6 is 0 Å². The predicted octanol–water partition coefficient (Wildman–Crippen LogP) is -0.203. The number of ether oxygens (including phenoxy) is 9. The second kappa shape index (κ2) is 10.5. The zero-order valence-corrected chi connectivity index (χ0v) is 29.4. The van der Waals surface area contributed by atoms with Gasteiger partial charge in [0.2, 0.25) is 6.29 Å². The largest absolute Gasteiger partial charge is 0.469 e. The zero-order valence-electron chi connectivity index (χ0n) is 29.4. The van der Waals surface area contributed by atoms with E-state index in [9.17, 15) is 34.5 Å². The smallest absolute Gasteiger partial charge is 0.366 e. The van der Waals surface area contributed by atoms with E-state index in [1.54, 1.807) is 33.8 Å². The van der Waals surface area contributed by atoms with Gasteiger partial charge in [-0.15, -0.1) is 0 Å². The van der Waals surface area contributed by atoms with E-state index in [1.807, 2.05) is 0 Å². The molecule has 5 aliphatic heterocycles. The third-order valence-corrected chi connectivity index (χ3v) is 14.1. The average molecular weight is 721 g/mol. The van der Waals surface area contributed by atoms with Crippen LogP contribution in [0.3, 0.4) is 0 Å². The van der Waals surface area contributed by atoms with Crippen molar-refractivity contribution < 1.29 is 77.1 Å². The van der Waals surface area contributed by atoms with E-state index >= 15 is 0 Å². The lowest BCUT2D eigenvalue weighted by molar-refractivity contribution is -0.314. The van der Waals surface area contributed by atoms with Crippen LogP contribution in [0, 0.1) is 34.0 Å². The van der Waals surface area contributed by atoms with E-state index in [4.69, 9.17) is 42.6 Å². The molecule has 0 amide bonds. The predicted molar refractivity (Wildman–Crippen MR) is 164 cm³/mol. The van der Waals surface area contributed by atoms with Gasteiger partial charge in [-0.05, 0) is 33.3 Å². The van der Waals surface area contributed by atoms with Crippen LogP contribution < -0.4 is 0 Å². The Morgan fingerprint density at radius 2 is 1.67 bits per heavy atom. The Morgan fingerprint density at radius 3 is 2.31 bits per heavy atom. The van der Waals surface area contributed by atoms with Crippen LogP contribution in [0.15, 0.2) is 24.0 Å². The van der Waals surface area contributed by atoms with Crippen LogP contribution in [0.5, 0.6) is 0 Å². The second-order valence-corrected chi connectivity index (χ2v) is 15.8. The number of carbonyl (C=O) groups is 4. The molecule has 4 saturated heterocycles. The Hall–Kier alpha value is -3.12. The van der Waals surface area contributed by atoms with E-state index in [0.29, 0.717) is 0 Å². The van der Waals surface area contributed by atoms with Crippen molar-refractivity contribution in [1.29, 1.82) is 0 Å². The van der Waals surface area contributed by atoms with E-state index in [2.05, 4.69) is 0 Å². The summed E-state index contributed by atoms with van der Waals surface area (Å²) in [6, 6.07) is 0. The Labute approximate surface area is 293 Å². The summed E-state index contributed by atoms with van der Waals surface area (Å²) in [5.74, 6) is -9.76. The number of methoxy groups -OCH3 is 2. The van der Waals surface area contributed by atoms with Gasteiger partial charge in [-0.2, -0.15) is 0 Å². The molecule has 7 fully saturated rings. The lowest BCUT2D eigenvalue weighted by atomic mass is 9.37. The van der Waals surface area contributed by atoms with Gasteiger partial charge in [0.05, 0.1) is 52.0 Å². The van der Waals surface area contributed by atoms with Gasteiger partial charge in [0, 0.05) is 47.5 Å². The lowest BCUT2D eigenvalue weighted by Crippen LogP contribution is -2.79. The van der Waals surface area contributed by atoms with Crippen molar-refractivity contribution in [2.24, 2.45) is 34.0 Å². The van der Waals surface area contributed by atoms with Gasteiger partial charge in [0.1, 0.15) is 28.8 Å². The molecule has 16 atom stereocenters. The minimum atomic E-state index is -2.82. The van der Waals surface area contributed by atoms with Crippen molar-refractivity contribution in [3.63, 3.8) is 0 Å². The molecule has 8 rings (SSSR count). The molecular weight excluding hydrogens is 676 g/mol. The van der Waals surface area contributed by atoms with E-state index in [-0.39, 0.29) is 18.4 Å². The Morgan fingerprint density at radius 1 is 0.961 bits per heavy atom. The summed E-state index contributed by atoms with van der Waals surface area (Å²) >= 11 is 0. The van der Waals surface area contributed by atoms with E-state index < -0.39 is 130 Å². The molecule has 280 valence electrons. The first-order valence-electron chi connectivity index (χ1n) is 17.2. The van der Waals surface area contributed by atoms with Gasteiger partial charge < -0.3 is 58.0 Å². The van der Waals surface area contributed by atoms with Crippen molar-refractivity contribution in [3.8, 4) is 0 Å². The Kier molecular flexibility index (Phi) is 7.20. The molecule has 1 spiro atoms. The average Bonchev–Trinajstić information content (AvgIpc) is 3.47. The van der Waals surface area contributed by atoms with E-state index in [0.717, 1.165) is 14.2 Å². The number of fused-ring (bicyclic) bond motifs is 7. The number of aliphatic hydroxyl groups is 3. The number of allylic oxidation sites excluding steroid dienone is 1. The number of rotatable bonds is 6. The first-order valence-corrected chi connectivity index (χ1v) is 17.2. The minimum absolute atomic E-state index is 0.235. The van der Waals surface area contributed by atoms with Crippen molar-refractivity contribution in [3.05, 3.63) is 24.0 Å². The molecule has 51 heavy (non-hydrogen) atoms. The summed E-state index contributed by atoms with van der Waals surface area (Å²) in [7, 11) is 2.23. The van der Waals surface area contributed by atoms with Crippen molar-refractivity contribution in [1.82, 2.24) is 0 Å². The second-order valence-electron chi connectivity index (χ2n) is 15.8. The monoisotopic (exact) mass is 720 g/mol. The fourth-order valence-corrected chi connectivity index (χ4v) is 12.2. The highest BCUT2D eigenvalue weighted by Gasteiger charge is 2.97. The molecule has 8 aliphatic rings. The van der Waals surface area contributed by atoms with Crippen molar-refractivity contribution in [2.75, 3.05) is 27.4 Å². The van der Waals surface area contributed by atoms with Gasteiger partial charge >= 0.3 is 23.9 Å². The van der Waals surface area contributed by atoms with Crippen molar-refractivity contribution >= 4 is 23.9 Å². The van der Waals surface area contributed by atoms with E-state index in [1.165, 1.54) is 19.3 Å². The number of aliphatic hydroxyl groups excluding tert-OH is 1. The van der Waals surface area contributed by atoms with Crippen LogP contribution in [-0.2, 0) is 61.8 Å². The number of epoxide rings is 1. The maximum atomic E-state index is 14.2. The Balaban J connectivity index is 1.40. The minimum Gasteiger partial charge on any atom is -0.469 e. The molecule has 5 heterocycles. The SMILES string of the molecule is C/C=C(\C)C(=O)O[C@H]1C[C@@H](OC(C)=O)[C@@]2(C(=O)OC)CO[C@H]3[C@@H](O)[C@@](C)([C@]45O[C@@]4(C)[C@H]4CC5O[C@@H]5OC=C[C@@]54O)[C@H]4[C@]1(CO[C@]4(O)C(=O)OC)[C@@H]32. The molecule has 3 N–H and O–H groups in total. The molecule has 0 radical (unpaired) electrons. The van der Waals surface area contributed by atoms with Crippen LogP contribution in [0.1, 0.15) is 47.5 Å². The van der Waals surface area contributed by atoms with Gasteiger partial charge in [0.25, 0.3) is 5.79 Å². The number of hydrogen-bond acceptors (Lipinski definition) is 16. The fraction of sp³-hybridized carbons (Fsp3) is 0.771. The normalized spacial score (nSPS) is 53.9. The Bertz CT molecular complexity index is 1660. The van der Waals surface area contributed by atoms with Crippen LogP contribution in [0.25, 0.3) is 0 Å². The van der Waals surface area contributed by atoms with Gasteiger partial charge in [-0.3, -0.25) is 9.59 Å². The quantitative estimate of drug-likeness (QED) is 0.140.